The van der Waals surface area contributed by atoms with Crippen LogP contribution in [0.3, 0.4) is 0 Å². The van der Waals surface area contributed by atoms with Gasteiger partial charge in [0.25, 0.3) is 5.91 Å². The molecule has 0 spiro atoms. The van der Waals surface area contributed by atoms with Crippen molar-refractivity contribution < 1.29 is 14.3 Å². The van der Waals surface area contributed by atoms with Gasteiger partial charge in [-0.25, -0.2) is 4.79 Å². The number of carbonyl (C=O) groups is 2. The quantitative estimate of drug-likeness (QED) is 0.821. The molecule has 2 aromatic rings. The minimum absolute atomic E-state index is 0.397. The van der Waals surface area contributed by atoms with E-state index in [4.69, 9.17) is 4.74 Å². The average molecular weight is 233 g/mol. The molecular weight excluding hydrogens is 226 g/mol. The summed E-state index contributed by atoms with van der Waals surface area (Å²) in [4.78, 5) is 22.5. The van der Waals surface area contributed by atoms with E-state index < -0.39 is 18.1 Å². The number of cyclic esters (lactones) is 1. The molecule has 1 fully saturated rings. The Morgan fingerprint density at radius 3 is 2.88 bits per heavy atom. The summed E-state index contributed by atoms with van der Waals surface area (Å²) in [6, 6.07) is 7.59. The molecule has 1 aromatic heterocycles. The minimum atomic E-state index is -0.810. The molecule has 16 heavy (non-hydrogen) atoms. The lowest BCUT2D eigenvalue weighted by Crippen LogP contribution is -2.20. The van der Waals surface area contributed by atoms with Gasteiger partial charge in [-0.15, -0.1) is 11.3 Å². The number of thiophene rings is 1. The van der Waals surface area contributed by atoms with Crippen molar-refractivity contribution in [2.75, 3.05) is 0 Å². The molecule has 80 valence electrons. The predicted octanol–water partition coefficient (Wildman–Crippen LogP) is 2.21. The number of amides is 2. The topological polar surface area (TPSA) is 55.4 Å². The molecule has 0 radical (unpaired) electrons. The number of nitrogens with one attached hydrogen (secondary N) is 1. The molecule has 1 saturated heterocycles. The van der Waals surface area contributed by atoms with Crippen LogP contribution in [-0.4, -0.2) is 12.0 Å². The zero-order valence-corrected chi connectivity index (χ0v) is 8.91. The van der Waals surface area contributed by atoms with E-state index in [1.54, 1.807) is 0 Å². The average Bonchev–Trinajstić information content (AvgIpc) is 2.84. The van der Waals surface area contributed by atoms with Crippen molar-refractivity contribution in [3.8, 4) is 0 Å². The molecule has 1 aliphatic heterocycles. The first-order valence-electron chi connectivity index (χ1n) is 4.73. The third kappa shape index (κ3) is 1.29. The van der Waals surface area contributed by atoms with E-state index in [0.717, 1.165) is 15.6 Å². The first-order chi connectivity index (χ1) is 7.75. The maximum absolute atomic E-state index is 11.5. The zero-order chi connectivity index (χ0) is 11.1. The fourth-order valence-electron chi connectivity index (χ4n) is 1.78. The fourth-order valence-corrected chi connectivity index (χ4v) is 2.72. The Hall–Kier alpha value is -1.88. The van der Waals surface area contributed by atoms with Crippen LogP contribution in [0.5, 0.6) is 0 Å². The second-order valence-corrected chi connectivity index (χ2v) is 4.38. The lowest BCUT2D eigenvalue weighted by atomic mass is 10.1. The third-order valence-electron chi connectivity index (χ3n) is 2.48. The number of rotatable bonds is 1. The van der Waals surface area contributed by atoms with E-state index in [0.29, 0.717) is 0 Å². The van der Waals surface area contributed by atoms with Crippen LogP contribution in [0.2, 0.25) is 0 Å². The van der Waals surface area contributed by atoms with Gasteiger partial charge in [-0.05, 0) is 16.8 Å². The van der Waals surface area contributed by atoms with E-state index in [2.05, 4.69) is 5.32 Å². The van der Waals surface area contributed by atoms with Crippen molar-refractivity contribution in [1.82, 2.24) is 5.32 Å². The molecule has 1 aromatic carbocycles. The Morgan fingerprint density at radius 2 is 2.12 bits per heavy atom. The van der Waals surface area contributed by atoms with E-state index in [1.165, 1.54) is 11.3 Å². The van der Waals surface area contributed by atoms with Gasteiger partial charge in [0.15, 0.2) is 0 Å². The summed E-state index contributed by atoms with van der Waals surface area (Å²) in [5.41, 5.74) is 0.746. The molecule has 5 heteroatoms. The normalized spacial score (nSPS) is 19.9. The largest absolute Gasteiger partial charge is 0.431 e. The molecule has 1 N–H and O–H groups in total. The molecule has 0 saturated carbocycles. The van der Waals surface area contributed by atoms with Gasteiger partial charge in [0.1, 0.15) is 0 Å². The van der Waals surface area contributed by atoms with Gasteiger partial charge < -0.3 is 4.74 Å². The Bertz CT molecular complexity index is 590. The van der Waals surface area contributed by atoms with E-state index in [-0.39, 0.29) is 0 Å². The Kier molecular flexibility index (Phi) is 1.94. The van der Waals surface area contributed by atoms with Gasteiger partial charge in [-0.1, -0.05) is 18.2 Å². The summed E-state index contributed by atoms with van der Waals surface area (Å²) in [7, 11) is 0. The van der Waals surface area contributed by atoms with Crippen LogP contribution in [0.15, 0.2) is 29.6 Å². The summed E-state index contributed by atoms with van der Waals surface area (Å²) in [5.74, 6) is -0.397. The highest BCUT2D eigenvalue weighted by Gasteiger charge is 2.34. The fraction of sp³-hybridized carbons (Fsp3) is 0.0909. The highest BCUT2D eigenvalue weighted by molar-refractivity contribution is 7.17. The molecule has 2 heterocycles. The van der Waals surface area contributed by atoms with Crippen LogP contribution in [0.25, 0.3) is 10.1 Å². The molecule has 1 unspecified atom stereocenters. The van der Waals surface area contributed by atoms with Gasteiger partial charge in [-0.2, -0.15) is 0 Å². The van der Waals surface area contributed by atoms with Crippen LogP contribution >= 0.6 is 11.3 Å². The smallest absolute Gasteiger partial charge is 0.415 e. The van der Waals surface area contributed by atoms with Crippen molar-refractivity contribution in [3.63, 3.8) is 0 Å². The number of benzene rings is 1. The van der Waals surface area contributed by atoms with E-state index in [1.807, 2.05) is 29.6 Å². The second kappa shape index (κ2) is 3.31. The van der Waals surface area contributed by atoms with Crippen molar-refractivity contribution in [2.24, 2.45) is 0 Å². The molecular formula is C11H7NO3S. The first kappa shape index (κ1) is 9.35. The number of hydrogen-bond acceptors (Lipinski definition) is 4. The first-order valence-corrected chi connectivity index (χ1v) is 5.61. The van der Waals surface area contributed by atoms with Crippen LogP contribution in [0.4, 0.5) is 4.79 Å². The van der Waals surface area contributed by atoms with Gasteiger partial charge >= 0.3 is 6.09 Å². The lowest BCUT2D eigenvalue weighted by Gasteiger charge is -2.07. The van der Waals surface area contributed by atoms with Crippen LogP contribution in [0.1, 0.15) is 11.7 Å². The predicted molar refractivity (Wildman–Crippen MR) is 59.2 cm³/mol. The number of ether oxygens (including phenoxy) is 1. The number of alkyl carbamates (subject to hydrolysis) is 1. The Balaban J connectivity index is 2.15. The summed E-state index contributed by atoms with van der Waals surface area (Å²) >= 11 is 1.53. The summed E-state index contributed by atoms with van der Waals surface area (Å²) in [5, 5.41) is 5.13. The van der Waals surface area contributed by atoms with Gasteiger partial charge in [0.05, 0.1) is 0 Å². The SMILES string of the molecule is O=C1NC(=O)C(c2cccc3ccsc23)O1. The molecule has 3 rings (SSSR count). The summed E-state index contributed by atoms with van der Waals surface area (Å²) < 4.78 is 5.93. The Labute approximate surface area is 94.8 Å². The van der Waals surface area contributed by atoms with Crippen LogP contribution in [0, 0.1) is 0 Å². The van der Waals surface area contributed by atoms with Crippen molar-refractivity contribution in [1.29, 1.82) is 0 Å². The van der Waals surface area contributed by atoms with Crippen molar-refractivity contribution in [3.05, 3.63) is 35.2 Å². The second-order valence-electron chi connectivity index (χ2n) is 3.46. The maximum atomic E-state index is 11.5. The minimum Gasteiger partial charge on any atom is -0.431 e. The van der Waals surface area contributed by atoms with Gasteiger partial charge in [-0.3, -0.25) is 10.1 Å². The van der Waals surface area contributed by atoms with E-state index >= 15 is 0 Å². The molecule has 4 nitrogen and oxygen atoms in total. The number of hydrogen-bond donors (Lipinski definition) is 1. The highest BCUT2D eigenvalue weighted by Crippen LogP contribution is 2.32. The zero-order valence-electron chi connectivity index (χ0n) is 8.10. The van der Waals surface area contributed by atoms with Gasteiger partial charge in [0.2, 0.25) is 6.10 Å². The molecule has 1 atom stereocenters. The third-order valence-corrected chi connectivity index (χ3v) is 3.46. The Morgan fingerprint density at radius 1 is 1.25 bits per heavy atom. The van der Waals surface area contributed by atoms with Crippen LogP contribution < -0.4 is 5.32 Å². The molecule has 0 aliphatic carbocycles. The monoisotopic (exact) mass is 233 g/mol. The summed E-state index contributed by atoms with van der Waals surface area (Å²) in [6.45, 7) is 0. The molecule has 0 bridgehead atoms. The number of carbonyl (C=O) groups excluding carboxylic acids is 2. The number of fused-ring (bicyclic) bond motifs is 1. The van der Waals surface area contributed by atoms with Gasteiger partial charge in [0, 0.05) is 10.3 Å². The number of imide groups is 1. The maximum Gasteiger partial charge on any atom is 0.415 e. The standard InChI is InChI=1S/C11H7NO3S/c13-10-8(15-11(14)12-10)7-3-1-2-6-4-5-16-9(6)7/h1-5,8H,(H,12,13,14). The lowest BCUT2D eigenvalue weighted by molar-refractivity contribution is -0.123. The van der Waals surface area contributed by atoms with Crippen molar-refractivity contribution in [2.45, 2.75) is 6.10 Å². The van der Waals surface area contributed by atoms with Crippen LogP contribution in [-0.2, 0) is 9.53 Å². The molecule has 2 amide bonds. The summed E-state index contributed by atoms with van der Waals surface area (Å²) in [6.07, 6.45) is -1.49. The van der Waals surface area contributed by atoms with E-state index in [9.17, 15) is 9.59 Å². The molecule has 1 aliphatic rings. The van der Waals surface area contributed by atoms with Crippen molar-refractivity contribution >= 4 is 33.4 Å². The highest BCUT2D eigenvalue weighted by atomic mass is 32.1.